The number of aliphatic hydroxyl groups excluding tert-OH is 1. The number of aliphatic hydroxyl groups is 3. The summed E-state index contributed by atoms with van der Waals surface area (Å²) in [7, 11) is 0. The van der Waals surface area contributed by atoms with E-state index in [9.17, 15) is 34.5 Å². The summed E-state index contributed by atoms with van der Waals surface area (Å²) in [5, 5.41) is 41.6. The van der Waals surface area contributed by atoms with E-state index in [2.05, 4.69) is 54.8 Å². The van der Waals surface area contributed by atoms with Crippen LogP contribution in [-0.2, 0) is 38.1 Å². The van der Waals surface area contributed by atoms with Gasteiger partial charge in [-0.15, -0.1) is 0 Å². The van der Waals surface area contributed by atoms with E-state index in [4.69, 9.17) is 23.7 Å². The average Bonchev–Trinajstić information content (AvgIpc) is 3.36. The van der Waals surface area contributed by atoms with Crippen LogP contribution in [0, 0.1) is 22.7 Å². The Bertz CT molecular complexity index is 2520. The molecule has 0 aromatic heterocycles. The van der Waals surface area contributed by atoms with Gasteiger partial charge >= 0.3 is 24.0 Å². The minimum Gasteiger partial charge on any atom is -0.457 e. The maximum atomic E-state index is 15.8. The third-order valence-electron chi connectivity index (χ3n) is 15.5. The van der Waals surface area contributed by atoms with Gasteiger partial charge in [-0.1, -0.05) is 130 Å². The maximum Gasteiger partial charge on any atom is 0.408 e. The Kier molecular flexibility index (Phi) is 19.3. The summed E-state index contributed by atoms with van der Waals surface area (Å²) in [4.78, 5) is 72.3. The fourth-order valence-corrected chi connectivity index (χ4v) is 11.2. The highest BCUT2D eigenvalue weighted by Gasteiger charge is 2.77. The summed E-state index contributed by atoms with van der Waals surface area (Å²) >= 11 is 0. The van der Waals surface area contributed by atoms with E-state index in [0.29, 0.717) is 12.0 Å². The number of rotatable bonds is 20. The number of ether oxygens (including phenoxy) is 5. The highest BCUT2D eigenvalue weighted by Crippen LogP contribution is 2.63. The van der Waals surface area contributed by atoms with Gasteiger partial charge in [-0.25, -0.2) is 9.59 Å². The number of fused-ring (bicyclic) bond motifs is 5. The fraction of sp³-hybridized carbons (Fsp3) is 0.525. The predicted molar refractivity (Wildman–Crippen MR) is 285 cm³/mol. The van der Waals surface area contributed by atoms with Gasteiger partial charge in [-0.2, -0.15) is 0 Å². The van der Waals surface area contributed by atoms with Crippen molar-refractivity contribution < 1.29 is 63.0 Å². The van der Waals surface area contributed by atoms with Crippen LogP contribution < -0.4 is 5.32 Å². The van der Waals surface area contributed by atoms with E-state index in [-0.39, 0.29) is 42.6 Å². The lowest BCUT2D eigenvalue weighted by Gasteiger charge is -2.66. The van der Waals surface area contributed by atoms with Crippen molar-refractivity contribution in [3.05, 3.63) is 144 Å². The summed E-state index contributed by atoms with van der Waals surface area (Å²) in [6, 6.07) is 15.9. The Morgan fingerprint density at radius 3 is 1.92 bits per heavy atom. The number of hydrogen-bond acceptors (Lipinski definition) is 13. The van der Waals surface area contributed by atoms with Gasteiger partial charge in [0, 0.05) is 30.6 Å². The second kappa shape index (κ2) is 24.8. The molecule has 6 rings (SSSR count). The van der Waals surface area contributed by atoms with E-state index < -0.39 is 112 Å². The first kappa shape index (κ1) is 58.3. The van der Waals surface area contributed by atoms with Crippen molar-refractivity contribution in [3.63, 3.8) is 0 Å². The van der Waals surface area contributed by atoms with Crippen LogP contribution in [0.5, 0.6) is 0 Å². The van der Waals surface area contributed by atoms with E-state index in [1.165, 1.54) is 19.1 Å². The summed E-state index contributed by atoms with van der Waals surface area (Å²) in [6.07, 6.45) is 16.3. The van der Waals surface area contributed by atoms with E-state index in [1.54, 1.807) is 97.0 Å². The van der Waals surface area contributed by atoms with Gasteiger partial charge in [0.2, 0.25) is 0 Å². The largest absolute Gasteiger partial charge is 0.457 e. The van der Waals surface area contributed by atoms with Crippen LogP contribution in [0.1, 0.15) is 142 Å². The molecule has 406 valence electrons. The molecule has 4 N–H and O–H groups in total. The molecule has 2 bridgehead atoms. The van der Waals surface area contributed by atoms with Crippen molar-refractivity contribution in [3.8, 4) is 0 Å². The van der Waals surface area contributed by atoms with Crippen LogP contribution in [0.2, 0.25) is 0 Å². The van der Waals surface area contributed by atoms with Crippen LogP contribution in [0.3, 0.4) is 0 Å². The van der Waals surface area contributed by atoms with Crippen LogP contribution in [0.4, 0.5) is 4.79 Å². The smallest absolute Gasteiger partial charge is 0.408 e. The van der Waals surface area contributed by atoms with Gasteiger partial charge in [0.1, 0.15) is 29.0 Å². The van der Waals surface area contributed by atoms with Crippen molar-refractivity contribution in [2.75, 3.05) is 6.61 Å². The summed E-state index contributed by atoms with van der Waals surface area (Å²) in [5.41, 5.74) is -7.67. The molecule has 2 aromatic rings. The zero-order chi connectivity index (χ0) is 54.8. The first-order valence-corrected chi connectivity index (χ1v) is 26.5. The van der Waals surface area contributed by atoms with E-state index in [0.717, 1.165) is 25.7 Å². The first-order valence-electron chi connectivity index (χ1n) is 26.5. The number of hydrogen-bond donors (Lipinski definition) is 4. The lowest BCUT2D eigenvalue weighted by molar-refractivity contribution is -0.343. The number of amides is 1. The topological polar surface area (TPSA) is 204 Å². The molecular formula is C61H79NO13. The third kappa shape index (κ3) is 13.0. The van der Waals surface area contributed by atoms with Gasteiger partial charge in [0.05, 0.1) is 41.8 Å². The molecule has 4 aliphatic rings. The Balaban J connectivity index is 1.35. The van der Waals surface area contributed by atoms with Crippen LogP contribution in [0.15, 0.2) is 133 Å². The molecular weight excluding hydrogens is 955 g/mol. The molecule has 1 heterocycles. The average molecular weight is 1030 g/mol. The van der Waals surface area contributed by atoms with Crippen molar-refractivity contribution in [2.24, 2.45) is 22.7 Å². The monoisotopic (exact) mass is 1030 g/mol. The molecule has 1 saturated heterocycles. The number of esters is 3. The van der Waals surface area contributed by atoms with Crippen molar-refractivity contribution in [2.45, 2.75) is 173 Å². The second-order valence-corrected chi connectivity index (χ2v) is 22.1. The number of alkyl carbamates (subject to hydrolysis) is 1. The van der Waals surface area contributed by atoms with Gasteiger partial charge < -0.3 is 44.3 Å². The molecule has 14 heteroatoms. The van der Waals surface area contributed by atoms with Crippen LogP contribution in [0.25, 0.3) is 0 Å². The quantitative estimate of drug-likeness (QED) is 0.0555. The Morgan fingerprint density at radius 2 is 1.37 bits per heavy atom. The highest BCUT2D eigenvalue weighted by molar-refractivity contribution is 5.95. The van der Waals surface area contributed by atoms with Crippen LogP contribution in [-0.4, -0.2) is 99.0 Å². The number of carbonyl (C=O) groups is 5. The number of carbonyl (C=O) groups excluding carboxylic acids is 5. The minimum absolute atomic E-state index is 0.0908. The zero-order valence-electron chi connectivity index (χ0n) is 45.2. The Hall–Kier alpha value is -5.93. The first-order chi connectivity index (χ1) is 35.5. The number of ketones is 1. The molecule has 3 fully saturated rings. The second-order valence-electron chi connectivity index (χ2n) is 22.1. The molecule has 1 aliphatic heterocycles. The van der Waals surface area contributed by atoms with Crippen molar-refractivity contribution in [1.82, 2.24) is 5.32 Å². The maximum absolute atomic E-state index is 15.8. The normalized spacial score (nSPS) is 29.3. The highest BCUT2D eigenvalue weighted by atomic mass is 16.6. The summed E-state index contributed by atoms with van der Waals surface area (Å²) < 4.78 is 30.5. The number of Topliss-reactive ketones (excluding diaryl/α,β-unsaturated/α-hetero) is 1. The van der Waals surface area contributed by atoms with Gasteiger partial charge in [0.15, 0.2) is 11.9 Å². The number of nitrogens with one attached hydrogen (secondary N) is 1. The Morgan fingerprint density at radius 1 is 0.813 bits per heavy atom. The number of benzene rings is 2. The summed E-state index contributed by atoms with van der Waals surface area (Å²) in [6.45, 7) is 14.9. The molecule has 11 unspecified atom stereocenters. The SMILES string of the molecule is CC/C=C\C/C=C\C/C=C\C/C=C\C/C=C\CCC(=O)OC1C(=O)C2(C)C(O)CC3OCC3(O)C2C(OC(=O)c2ccccc2)C2(O)CC(OC(=O)C(C)C(NC(=O)OC(C)(C)C)c3ccccc3)C(C)=C1C2(C)C. The van der Waals surface area contributed by atoms with Gasteiger partial charge in [-0.3, -0.25) is 14.4 Å². The molecule has 1 amide bonds. The molecule has 11 atom stereocenters. The predicted octanol–water partition coefficient (Wildman–Crippen LogP) is 10.0. The Labute approximate surface area is 443 Å². The van der Waals surface area contributed by atoms with Crippen molar-refractivity contribution in [1.29, 1.82) is 0 Å². The van der Waals surface area contributed by atoms with Gasteiger partial charge in [-0.05, 0) is 109 Å². The van der Waals surface area contributed by atoms with Crippen molar-refractivity contribution >= 4 is 29.8 Å². The molecule has 3 aliphatic carbocycles. The molecule has 14 nitrogen and oxygen atoms in total. The fourth-order valence-electron chi connectivity index (χ4n) is 11.2. The number of allylic oxidation sites excluding steroid dienone is 10. The standard InChI is InChI=1S/C61H79NO13/c1-10-11-12-13-14-15-16-17-18-19-20-21-22-23-24-31-36-47(64)73-50-48-40(2)44(72-54(66)41(3)49(42-32-27-25-28-33-42)62-56(68)75-57(4,5)6)38-61(70,58(48,7)8)53(74-55(67)43-34-29-26-30-35-43)51-59(9,52(50)65)45(63)37-46-60(51,69)39-71-46/h11-12,14-15,17-18,20-21,23-30,32-35,41,44-46,49-51,53,63,69-70H,10,13,16,19,22,31,36-39H2,1-9H3,(H,62,68)/b12-11-,15-14-,18-17-,21-20-,24-23-. The summed E-state index contributed by atoms with van der Waals surface area (Å²) in [5.74, 6) is -5.85. The zero-order valence-corrected chi connectivity index (χ0v) is 45.2. The van der Waals surface area contributed by atoms with E-state index in [1.807, 2.05) is 18.2 Å². The molecule has 2 aromatic carbocycles. The minimum atomic E-state index is -2.31. The third-order valence-corrected chi connectivity index (χ3v) is 15.5. The lowest BCUT2D eigenvalue weighted by atomic mass is 9.44. The molecule has 0 spiro atoms. The van der Waals surface area contributed by atoms with Crippen LogP contribution >= 0.6 is 0 Å². The lowest BCUT2D eigenvalue weighted by Crippen LogP contribution is -2.81. The van der Waals surface area contributed by atoms with Gasteiger partial charge in [0.25, 0.3) is 0 Å². The molecule has 75 heavy (non-hydrogen) atoms. The molecule has 2 saturated carbocycles. The van der Waals surface area contributed by atoms with E-state index >= 15 is 4.79 Å². The molecule has 0 radical (unpaired) electrons.